The maximum absolute atomic E-state index is 14.5. The highest BCUT2D eigenvalue weighted by molar-refractivity contribution is 5.99. The normalized spacial score (nSPS) is 29.1. The summed E-state index contributed by atoms with van der Waals surface area (Å²) in [5, 5.41) is 10.5. The second-order valence-electron chi connectivity index (χ2n) is 10.9. The minimum absolute atomic E-state index is 0.0498. The zero-order chi connectivity index (χ0) is 27.6. The third kappa shape index (κ3) is 4.58. The lowest BCUT2D eigenvalue weighted by Gasteiger charge is -2.41. The number of fused-ring (bicyclic) bond motifs is 1. The molecule has 2 bridgehead atoms. The average molecular weight is 524 g/mol. The maximum atomic E-state index is 14.5. The van der Waals surface area contributed by atoms with Gasteiger partial charge in [-0.15, -0.1) is 13.2 Å². The summed E-state index contributed by atoms with van der Waals surface area (Å²) in [4.78, 5) is 47.2. The van der Waals surface area contributed by atoms with E-state index in [4.69, 9.17) is 4.74 Å². The van der Waals surface area contributed by atoms with Gasteiger partial charge in [-0.05, 0) is 24.3 Å². The number of likely N-dealkylation sites (tertiary alicyclic amines) is 1. The van der Waals surface area contributed by atoms with Crippen LogP contribution >= 0.6 is 0 Å². The lowest BCUT2D eigenvalue weighted by Crippen LogP contribution is -2.59. The number of benzene rings is 1. The molecule has 1 spiro atoms. The SMILES string of the molecule is C=CCN(C)C(=O)[C@@H]1[C@H]2C(=O)N([C@@H](CO)[C@@H](C)CC)C(C(=O)N(CC=C)Cc3ccccc3)C23CC[C@H]1O3. The number of amides is 3. The van der Waals surface area contributed by atoms with Crippen LogP contribution in [0.1, 0.15) is 38.7 Å². The van der Waals surface area contributed by atoms with Gasteiger partial charge in [-0.2, -0.15) is 0 Å². The van der Waals surface area contributed by atoms with Gasteiger partial charge >= 0.3 is 0 Å². The van der Waals surface area contributed by atoms with Gasteiger partial charge in [0.1, 0.15) is 11.6 Å². The highest BCUT2D eigenvalue weighted by atomic mass is 16.5. The molecule has 38 heavy (non-hydrogen) atoms. The average Bonchev–Trinajstić information content (AvgIpc) is 3.56. The van der Waals surface area contributed by atoms with Crippen molar-refractivity contribution in [2.45, 2.75) is 63.4 Å². The molecule has 0 radical (unpaired) electrons. The molecule has 3 aliphatic heterocycles. The van der Waals surface area contributed by atoms with Gasteiger partial charge in [-0.1, -0.05) is 62.8 Å². The molecule has 3 aliphatic rings. The molecule has 0 saturated carbocycles. The van der Waals surface area contributed by atoms with Crippen molar-refractivity contribution in [3.05, 3.63) is 61.2 Å². The number of rotatable bonds is 12. The summed E-state index contributed by atoms with van der Waals surface area (Å²) in [6.07, 6.45) is 4.76. The van der Waals surface area contributed by atoms with E-state index in [0.29, 0.717) is 32.5 Å². The second kappa shape index (κ2) is 11.4. The van der Waals surface area contributed by atoms with E-state index in [9.17, 15) is 19.5 Å². The van der Waals surface area contributed by atoms with E-state index in [1.807, 2.05) is 44.2 Å². The zero-order valence-electron chi connectivity index (χ0n) is 22.8. The minimum Gasteiger partial charge on any atom is -0.394 e. The van der Waals surface area contributed by atoms with Gasteiger partial charge in [0.15, 0.2) is 0 Å². The van der Waals surface area contributed by atoms with E-state index in [2.05, 4.69) is 13.2 Å². The largest absolute Gasteiger partial charge is 0.394 e. The highest BCUT2D eigenvalue weighted by Crippen LogP contribution is 2.59. The zero-order valence-corrected chi connectivity index (χ0v) is 22.8. The Hall–Kier alpha value is -2.97. The third-order valence-electron chi connectivity index (χ3n) is 8.76. The molecule has 8 nitrogen and oxygen atoms in total. The van der Waals surface area contributed by atoms with Crippen LogP contribution in [0.2, 0.25) is 0 Å². The Kier molecular flexibility index (Phi) is 8.43. The van der Waals surface area contributed by atoms with Crippen LogP contribution in [0.5, 0.6) is 0 Å². The fourth-order valence-electron chi connectivity index (χ4n) is 6.73. The van der Waals surface area contributed by atoms with Crippen LogP contribution in [0.4, 0.5) is 0 Å². The molecule has 3 amide bonds. The van der Waals surface area contributed by atoms with Crippen LogP contribution in [0, 0.1) is 17.8 Å². The molecular formula is C30H41N3O5. The number of ether oxygens (including phenoxy) is 1. The Balaban J connectivity index is 1.78. The van der Waals surface area contributed by atoms with Crippen molar-refractivity contribution in [3.8, 4) is 0 Å². The van der Waals surface area contributed by atoms with Gasteiger partial charge in [-0.3, -0.25) is 14.4 Å². The van der Waals surface area contributed by atoms with E-state index in [1.54, 1.807) is 33.9 Å². The van der Waals surface area contributed by atoms with E-state index < -0.39 is 35.6 Å². The standard InChI is InChI=1S/C30H41N3O5/c1-6-16-31(5)27(35)24-23-14-15-30(38-23)25(24)28(36)33(22(19-34)20(4)8-3)26(30)29(37)32(17-7-2)18-21-12-10-9-11-13-21/h6-7,9-13,20,22-26,34H,1-2,8,14-19H2,3-5H3/t20-,22-,23+,24-,25-,26?,30?/m0/s1. The highest BCUT2D eigenvalue weighted by Gasteiger charge is 2.75. The molecule has 8 heteroatoms. The summed E-state index contributed by atoms with van der Waals surface area (Å²) in [6, 6.07) is 8.20. The van der Waals surface area contributed by atoms with E-state index >= 15 is 0 Å². The Labute approximate surface area is 225 Å². The van der Waals surface area contributed by atoms with E-state index in [-0.39, 0.29) is 30.2 Å². The molecule has 3 saturated heterocycles. The summed E-state index contributed by atoms with van der Waals surface area (Å²) in [5.41, 5.74) is -0.144. The quantitative estimate of drug-likeness (QED) is 0.426. The maximum Gasteiger partial charge on any atom is 0.249 e. The van der Waals surface area contributed by atoms with Gasteiger partial charge in [0.25, 0.3) is 0 Å². The Morgan fingerprint density at radius 3 is 2.50 bits per heavy atom. The van der Waals surface area contributed by atoms with Crippen molar-refractivity contribution in [3.63, 3.8) is 0 Å². The molecule has 3 fully saturated rings. The number of likely N-dealkylation sites (N-methyl/N-ethyl adjacent to an activating group) is 1. The van der Waals surface area contributed by atoms with Gasteiger partial charge in [0.2, 0.25) is 17.7 Å². The lowest BCUT2D eigenvalue weighted by molar-refractivity contribution is -0.153. The van der Waals surface area contributed by atoms with Crippen LogP contribution in [-0.4, -0.2) is 88.1 Å². The molecule has 4 rings (SSSR count). The number of carbonyl (C=O) groups excluding carboxylic acids is 3. The first-order valence-electron chi connectivity index (χ1n) is 13.7. The fourth-order valence-corrected chi connectivity index (χ4v) is 6.73. The minimum atomic E-state index is -1.11. The molecular weight excluding hydrogens is 482 g/mol. The van der Waals surface area contributed by atoms with Crippen molar-refractivity contribution in [1.82, 2.24) is 14.7 Å². The predicted molar refractivity (Wildman–Crippen MR) is 145 cm³/mol. The number of aliphatic hydroxyl groups excluding tert-OH is 1. The molecule has 0 aromatic heterocycles. The first kappa shape index (κ1) is 28.0. The Morgan fingerprint density at radius 2 is 1.89 bits per heavy atom. The topological polar surface area (TPSA) is 90.4 Å². The third-order valence-corrected chi connectivity index (χ3v) is 8.76. The number of aliphatic hydroxyl groups is 1. The van der Waals surface area contributed by atoms with Gasteiger partial charge in [-0.25, -0.2) is 0 Å². The molecule has 0 aliphatic carbocycles. The van der Waals surface area contributed by atoms with Crippen LogP contribution in [0.25, 0.3) is 0 Å². The summed E-state index contributed by atoms with van der Waals surface area (Å²) in [6.45, 7) is 12.3. The first-order valence-corrected chi connectivity index (χ1v) is 13.7. The smallest absolute Gasteiger partial charge is 0.249 e. The first-order chi connectivity index (χ1) is 18.2. The lowest BCUT2D eigenvalue weighted by atomic mass is 9.70. The number of nitrogens with zero attached hydrogens (tertiary/aromatic N) is 3. The molecule has 1 aromatic carbocycles. The van der Waals surface area contributed by atoms with E-state index in [0.717, 1.165) is 12.0 Å². The van der Waals surface area contributed by atoms with Crippen molar-refractivity contribution in [1.29, 1.82) is 0 Å². The van der Waals surface area contributed by atoms with Gasteiger partial charge in [0.05, 0.1) is 30.6 Å². The van der Waals surface area contributed by atoms with Crippen LogP contribution < -0.4 is 0 Å². The van der Waals surface area contributed by atoms with Gasteiger partial charge in [0, 0.05) is 26.7 Å². The summed E-state index contributed by atoms with van der Waals surface area (Å²) >= 11 is 0. The summed E-state index contributed by atoms with van der Waals surface area (Å²) in [7, 11) is 1.70. The summed E-state index contributed by atoms with van der Waals surface area (Å²) in [5.74, 6) is -2.16. The van der Waals surface area contributed by atoms with Crippen LogP contribution in [0.15, 0.2) is 55.6 Å². The molecule has 1 N–H and O–H groups in total. The monoisotopic (exact) mass is 523 g/mol. The van der Waals surface area contributed by atoms with Crippen molar-refractivity contribution in [2.75, 3.05) is 26.7 Å². The Morgan fingerprint density at radius 1 is 1.21 bits per heavy atom. The molecule has 7 atom stereocenters. The summed E-state index contributed by atoms with van der Waals surface area (Å²) < 4.78 is 6.58. The van der Waals surface area contributed by atoms with Crippen molar-refractivity contribution in [2.24, 2.45) is 17.8 Å². The molecule has 3 heterocycles. The number of hydrogen-bond donors (Lipinski definition) is 1. The Bertz CT molecular complexity index is 1060. The number of hydrogen-bond acceptors (Lipinski definition) is 5. The number of carbonyl (C=O) groups is 3. The molecule has 206 valence electrons. The van der Waals surface area contributed by atoms with Crippen molar-refractivity contribution < 1.29 is 24.2 Å². The van der Waals surface area contributed by atoms with E-state index in [1.165, 1.54) is 0 Å². The van der Waals surface area contributed by atoms with Crippen LogP contribution in [0.3, 0.4) is 0 Å². The predicted octanol–water partition coefficient (Wildman–Crippen LogP) is 2.63. The fraction of sp³-hybridized carbons (Fsp3) is 0.567. The van der Waals surface area contributed by atoms with Gasteiger partial charge < -0.3 is 24.5 Å². The molecule has 2 unspecified atom stereocenters. The van der Waals surface area contributed by atoms with Crippen LogP contribution in [-0.2, 0) is 25.7 Å². The van der Waals surface area contributed by atoms with Crippen molar-refractivity contribution >= 4 is 17.7 Å². The molecule has 1 aromatic rings. The second-order valence-corrected chi connectivity index (χ2v) is 10.9.